The highest BCUT2D eigenvalue weighted by molar-refractivity contribution is 6.11. The molecule has 44 heavy (non-hydrogen) atoms. The molecule has 9 rings (SSSR count). The van der Waals surface area contributed by atoms with Gasteiger partial charge in [-0.05, 0) is 64.7 Å². The summed E-state index contributed by atoms with van der Waals surface area (Å²) in [6.45, 7) is 0. The number of aromatic nitrogens is 7. The van der Waals surface area contributed by atoms with Crippen LogP contribution < -0.4 is 0 Å². The van der Waals surface area contributed by atoms with Gasteiger partial charge >= 0.3 is 0 Å². The van der Waals surface area contributed by atoms with Crippen molar-refractivity contribution < 1.29 is 0 Å². The molecule has 7 nitrogen and oxygen atoms in total. The number of fused-ring (bicyclic) bond motifs is 6. The van der Waals surface area contributed by atoms with Gasteiger partial charge in [-0.25, -0.2) is 19.9 Å². The van der Waals surface area contributed by atoms with Crippen molar-refractivity contribution >= 4 is 44.3 Å². The first-order valence-electron chi connectivity index (χ1n) is 14.4. The molecule has 7 heteroatoms. The Balaban J connectivity index is 1.35. The van der Waals surface area contributed by atoms with E-state index in [4.69, 9.17) is 24.9 Å². The normalized spacial score (nSPS) is 11.6. The van der Waals surface area contributed by atoms with Crippen LogP contribution >= 0.6 is 0 Å². The van der Waals surface area contributed by atoms with Crippen molar-refractivity contribution in [2.45, 2.75) is 0 Å². The molecule has 9 aromatic rings. The lowest BCUT2D eigenvalue weighted by molar-refractivity contribution is 1.03. The van der Waals surface area contributed by atoms with Gasteiger partial charge in [0.2, 0.25) is 0 Å². The van der Waals surface area contributed by atoms with Crippen LogP contribution in [0.3, 0.4) is 0 Å². The summed E-state index contributed by atoms with van der Waals surface area (Å²) in [5, 5.41) is 1.00. The van der Waals surface area contributed by atoms with Crippen LogP contribution in [0.5, 0.6) is 0 Å². The zero-order valence-corrected chi connectivity index (χ0v) is 23.4. The van der Waals surface area contributed by atoms with Gasteiger partial charge in [-0.3, -0.25) is 14.1 Å². The number of para-hydroxylation sites is 1. The molecule has 0 saturated carbocycles. The molecule has 6 aromatic heterocycles. The first-order chi connectivity index (χ1) is 21.8. The molecule has 0 amide bonds. The van der Waals surface area contributed by atoms with Crippen molar-refractivity contribution in [3.05, 3.63) is 140 Å². The Hall–Kier alpha value is -6.21. The summed E-state index contributed by atoms with van der Waals surface area (Å²) in [5.41, 5.74) is 10.00. The predicted octanol–water partition coefficient (Wildman–Crippen LogP) is 8.19. The van der Waals surface area contributed by atoms with Gasteiger partial charge in [-0.15, -0.1) is 0 Å². The molecule has 0 spiro atoms. The molecule has 0 fully saturated rings. The predicted molar refractivity (Wildman–Crippen MR) is 175 cm³/mol. The van der Waals surface area contributed by atoms with Gasteiger partial charge in [0.05, 0.1) is 11.0 Å². The Morgan fingerprint density at radius 2 is 0.955 bits per heavy atom. The molecule has 0 atom stereocenters. The number of rotatable bonds is 4. The Kier molecular flexibility index (Phi) is 5.36. The first kappa shape index (κ1) is 24.4. The van der Waals surface area contributed by atoms with Gasteiger partial charge in [0.1, 0.15) is 28.2 Å². The van der Waals surface area contributed by atoms with Crippen LogP contribution in [0.1, 0.15) is 0 Å². The fourth-order valence-electron chi connectivity index (χ4n) is 6.09. The van der Waals surface area contributed by atoms with Crippen LogP contribution in [0.25, 0.3) is 78.2 Å². The lowest BCUT2D eigenvalue weighted by atomic mass is 10.1. The lowest BCUT2D eigenvalue weighted by Gasteiger charge is -2.10. The SMILES string of the molecule is c1ccc(-c2ccnc(-n3c4ccccc4c4nc5c6ncccc6n(-c6cc(-c7ccccc7)ccn6)c5nc43)c2)cc1. The summed E-state index contributed by atoms with van der Waals surface area (Å²) >= 11 is 0. The summed E-state index contributed by atoms with van der Waals surface area (Å²) in [4.78, 5) is 25.0. The second-order valence-corrected chi connectivity index (χ2v) is 10.7. The number of hydrogen-bond acceptors (Lipinski definition) is 5. The van der Waals surface area contributed by atoms with E-state index in [1.54, 1.807) is 6.20 Å². The molecule has 0 aliphatic carbocycles. The molecule has 0 N–H and O–H groups in total. The molecule has 6 heterocycles. The number of hydrogen-bond donors (Lipinski definition) is 0. The second-order valence-electron chi connectivity index (χ2n) is 10.7. The summed E-state index contributed by atoms with van der Waals surface area (Å²) < 4.78 is 4.17. The summed E-state index contributed by atoms with van der Waals surface area (Å²) in [6.07, 6.45) is 5.49. The maximum Gasteiger partial charge on any atom is 0.169 e. The van der Waals surface area contributed by atoms with E-state index in [0.29, 0.717) is 5.65 Å². The summed E-state index contributed by atoms with van der Waals surface area (Å²) in [5.74, 6) is 1.52. The highest BCUT2D eigenvalue weighted by atomic mass is 15.2. The van der Waals surface area contributed by atoms with Crippen molar-refractivity contribution in [3.8, 4) is 33.9 Å². The van der Waals surface area contributed by atoms with Crippen LogP contribution in [0.4, 0.5) is 0 Å². The molecule has 206 valence electrons. The monoisotopic (exact) mass is 565 g/mol. The zero-order valence-electron chi connectivity index (χ0n) is 23.4. The standard InChI is InChI=1S/C37H23N7/c1-3-10-24(11-4-1)26-17-20-38-31(22-26)43-29-15-8-7-14-28(29)33-36(43)42-37-35(41-33)34-30(16-9-19-40-34)44(37)32-23-27(18-21-39-32)25-12-5-2-6-13-25/h1-23H. The van der Waals surface area contributed by atoms with Crippen molar-refractivity contribution in [1.29, 1.82) is 0 Å². The Morgan fingerprint density at radius 1 is 0.386 bits per heavy atom. The minimum absolute atomic E-state index is 0.687. The Labute approximate surface area is 251 Å². The van der Waals surface area contributed by atoms with E-state index >= 15 is 0 Å². The molecule has 0 bridgehead atoms. The van der Waals surface area contributed by atoms with Gasteiger partial charge in [0, 0.05) is 24.0 Å². The van der Waals surface area contributed by atoms with Crippen molar-refractivity contribution in [3.63, 3.8) is 0 Å². The average molecular weight is 566 g/mol. The number of pyridine rings is 3. The Morgan fingerprint density at radius 3 is 1.64 bits per heavy atom. The highest BCUT2D eigenvalue weighted by Gasteiger charge is 2.22. The lowest BCUT2D eigenvalue weighted by Crippen LogP contribution is -2.02. The van der Waals surface area contributed by atoms with Crippen LogP contribution in [0.15, 0.2) is 140 Å². The van der Waals surface area contributed by atoms with E-state index in [9.17, 15) is 0 Å². The van der Waals surface area contributed by atoms with Crippen molar-refractivity contribution in [2.75, 3.05) is 0 Å². The third kappa shape index (κ3) is 3.73. The summed E-state index contributed by atoms with van der Waals surface area (Å²) in [6, 6.07) is 41.1. The molecule has 0 radical (unpaired) electrons. The van der Waals surface area contributed by atoms with E-state index < -0.39 is 0 Å². The van der Waals surface area contributed by atoms with Crippen molar-refractivity contribution in [1.82, 2.24) is 34.1 Å². The third-order valence-corrected chi connectivity index (χ3v) is 8.10. The van der Waals surface area contributed by atoms with E-state index in [1.807, 2.05) is 85.2 Å². The first-order valence-corrected chi connectivity index (χ1v) is 14.4. The fourth-order valence-corrected chi connectivity index (χ4v) is 6.09. The van der Waals surface area contributed by atoms with Gasteiger partial charge in [0.15, 0.2) is 11.3 Å². The van der Waals surface area contributed by atoms with Gasteiger partial charge in [-0.1, -0.05) is 78.9 Å². The van der Waals surface area contributed by atoms with Gasteiger partial charge < -0.3 is 0 Å². The third-order valence-electron chi connectivity index (χ3n) is 8.10. The van der Waals surface area contributed by atoms with E-state index in [0.717, 1.165) is 72.5 Å². The molecular weight excluding hydrogens is 542 g/mol. The van der Waals surface area contributed by atoms with Gasteiger partial charge in [0.25, 0.3) is 0 Å². The number of nitrogens with zero attached hydrogens (tertiary/aromatic N) is 7. The maximum atomic E-state index is 5.35. The molecule has 0 aliphatic heterocycles. The van der Waals surface area contributed by atoms with E-state index in [-0.39, 0.29) is 0 Å². The highest BCUT2D eigenvalue weighted by Crippen LogP contribution is 2.35. The number of benzene rings is 3. The van der Waals surface area contributed by atoms with Crippen LogP contribution in [0, 0.1) is 0 Å². The summed E-state index contributed by atoms with van der Waals surface area (Å²) in [7, 11) is 0. The van der Waals surface area contributed by atoms with Gasteiger partial charge in [-0.2, -0.15) is 0 Å². The van der Waals surface area contributed by atoms with E-state index in [2.05, 4.69) is 57.7 Å². The molecule has 0 unspecified atom stereocenters. The molecular formula is C37H23N7. The average Bonchev–Trinajstić information content (AvgIpc) is 3.60. The zero-order chi connectivity index (χ0) is 29.0. The quantitative estimate of drug-likeness (QED) is 0.215. The maximum absolute atomic E-state index is 5.35. The smallest absolute Gasteiger partial charge is 0.169 e. The molecule has 0 saturated heterocycles. The largest absolute Gasteiger partial charge is 0.276 e. The fraction of sp³-hybridized carbons (Fsp3) is 0. The second kappa shape index (κ2) is 9.68. The topological polar surface area (TPSA) is 74.3 Å². The van der Waals surface area contributed by atoms with E-state index in [1.165, 1.54) is 0 Å². The Bertz CT molecular complexity index is 2320. The van der Waals surface area contributed by atoms with Crippen LogP contribution in [-0.2, 0) is 0 Å². The van der Waals surface area contributed by atoms with Crippen LogP contribution in [0.2, 0.25) is 0 Å². The minimum atomic E-state index is 0.687. The molecule has 3 aromatic carbocycles. The van der Waals surface area contributed by atoms with Crippen molar-refractivity contribution in [2.24, 2.45) is 0 Å². The van der Waals surface area contributed by atoms with Crippen LogP contribution in [-0.4, -0.2) is 34.1 Å². The molecule has 0 aliphatic rings. The minimum Gasteiger partial charge on any atom is -0.276 e.